The number of esters is 1. The third-order valence-corrected chi connectivity index (χ3v) is 5.45. The van der Waals surface area contributed by atoms with E-state index < -0.39 is 17.7 Å². The second-order valence-corrected chi connectivity index (χ2v) is 8.88. The van der Waals surface area contributed by atoms with Crippen LogP contribution in [-0.2, 0) is 14.3 Å². The van der Waals surface area contributed by atoms with Gasteiger partial charge in [-0.3, -0.25) is 4.57 Å². The largest absolute Gasteiger partial charge is 0.466 e. The fraction of sp³-hybridized carbons (Fsp3) is 0.214. The zero-order chi connectivity index (χ0) is 23.6. The number of carbonyl (C=O) groups excluding carboxylic acids is 2. The number of hydrogen-bond acceptors (Lipinski definition) is 4. The Morgan fingerprint density at radius 2 is 1.55 bits per heavy atom. The molecule has 0 fully saturated rings. The monoisotopic (exact) mass is 441 g/mol. The van der Waals surface area contributed by atoms with Gasteiger partial charge in [-0.25, -0.2) is 9.59 Å². The predicted molar refractivity (Wildman–Crippen MR) is 131 cm³/mol. The van der Waals surface area contributed by atoms with Crippen LogP contribution in [0.4, 0.5) is 4.79 Å². The van der Waals surface area contributed by atoms with E-state index in [1.165, 1.54) is 13.2 Å². The zero-order valence-electron chi connectivity index (χ0n) is 19.2. The highest BCUT2D eigenvalue weighted by Crippen LogP contribution is 2.37. The van der Waals surface area contributed by atoms with E-state index >= 15 is 0 Å². The fourth-order valence-electron chi connectivity index (χ4n) is 4.06. The summed E-state index contributed by atoms with van der Waals surface area (Å²) in [6.45, 7) is 5.53. The maximum Gasteiger partial charge on any atom is 0.419 e. The van der Waals surface area contributed by atoms with Crippen LogP contribution < -0.4 is 0 Å². The molecular formula is C28H27NO4. The number of hydrogen-bond donors (Lipinski definition) is 0. The highest BCUT2D eigenvalue weighted by molar-refractivity contribution is 5.94. The molecule has 168 valence electrons. The van der Waals surface area contributed by atoms with Gasteiger partial charge in [-0.15, -0.1) is 0 Å². The first-order valence-corrected chi connectivity index (χ1v) is 10.9. The highest BCUT2D eigenvalue weighted by atomic mass is 16.6. The zero-order valence-corrected chi connectivity index (χ0v) is 19.2. The Kier molecular flexibility index (Phi) is 6.05. The maximum atomic E-state index is 13.0. The van der Waals surface area contributed by atoms with Crippen molar-refractivity contribution in [2.45, 2.75) is 32.3 Å². The van der Waals surface area contributed by atoms with Gasteiger partial charge in [-0.1, -0.05) is 66.7 Å². The molecule has 0 amide bonds. The van der Waals surface area contributed by atoms with Gasteiger partial charge in [0.15, 0.2) is 0 Å². The molecule has 0 saturated carbocycles. The van der Waals surface area contributed by atoms with Crippen molar-refractivity contribution >= 4 is 33.7 Å². The van der Waals surface area contributed by atoms with Gasteiger partial charge in [-0.2, -0.15) is 0 Å². The topological polar surface area (TPSA) is 57.5 Å². The van der Waals surface area contributed by atoms with Crippen molar-refractivity contribution in [1.82, 2.24) is 4.57 Å². The van der Waals surface area contributed by atoms with Crippen molar-refractivity contribution in [2.24, 2.45) is 0 Å². The summed E-state index contributed by atoms with van der Waals surface area (Å²) in [6.07, 6.45) is 4.63. The lowest BCUT2D eigenvalue weighted by Crippen LogP contribution is -2.26. The number of allylic oxidation sites excluding steroid dienone is 1. The second-order valence-electron chi connectivity index (χ2n) is 8.88. The minimum atomic E-state index is -0.623. The number of carbonyl (C=O) groups is 2. The molecule has 5 nitrogen and oxygen atoms in total. The first-order chi connectivity index (χ1) is 15.8. The van der Waals surface area contributed by atoms with Crippen molar-refractivity contribution in [1.29, 1.82) is 0 Å². The molecule has 0 bridgehead atoms. The Morgan fingerprint density at radius 1 is 0.879 bits per heavy atom. The standard InChI is InChI=1S/C28H27NO4/c1-28(2,3)33-27(31)29-18-24(23-13-7-8-15-25(23)29)22(16-17-26(30)32-4)21-14-9-11-19-10-5-6-12-20(19)21/h5-18,22H,1-4H3/b17-16+/t22-/m1/s1. The van der Waals surface area contributed by atoms with E-state index in [2.05, 4.69) is 18.2 Å². The van der Waals surface area contributed by atoms with E-state index in [1.807, 2.05) is 81.6 Å². The number of methoxy groups -OCH3 is 1. The molecule has 0 spiro atoms. The van der Waals surface area contributed by atoms with Crippen LogP contribution >= 0.6 is 0 Å². The average Bonchev–Trinajstić information content (AvgIpc) is 3.18. The first-order valence-electron chi connectivity index (χ1n) is 10.9. The van der Waals surface area contributed by atoms with E-state index in [9.17, 15) is 9.59 Å². The molecular weight excluding hydrogens is 414 g/mol. The molecule has 0 unspecified atom stereocenters. The summed E-state index contributed by atoms with van der Waals surface area (Å²) in [5, 5.41) is 3.09. The van der Waals surface area contributed by atoms with Gasteiger partial charge in [0.2, 0.25) is 0 Å². The quantitative estimate of drug-likeness (QED) is 0.270. The lowest BCUT2D eigenvalue weighted by Gasteiger charge is -2.19. The number of nitrogens with zero attached hydrogens (tertiary/aromatic N) is 1. The van der Waals surface area contributed by atoms with Crippen molar-refractivity contribution in [3.8, 4) is 0 Å². The van der Waals surface area contributed by atoms with E-state index in [4.69, 9.17) is 9.47 Å². The van der Waals surface area contributed by atoms with Gasteiger partial charge in [0.05, 0.1) is 12.6 Å². The van der Waals surface area contributed by atoms with Crippen LogP contribution in [0.25, 0.3) is 21.7 Å². The van der Waals surface area contributed by atoms with Crippen molar-refractivity contribution in [3.05, 3.63) is 96.2 Å². The number of aromatic nitrogens is 1. The minimum Gasteiger partial charge on any atom is -0.466 e. The van der Waals surface area contributed by atoms with Crippen molar-refractivity contribution < 1.29 is 19.1 Å². The number of para-hydroxylation sites is 1. The Balaban J connectivity index is 1.94. The van der Waals surface area contributed by atoms with E-state index in [0.717, 1.165) is 32.8 Å². The van der Waals surface area contributed by atoms with E-state index in [1.54, 1.807) is 4.57 Å². The van der Waals surface area contributed by atoms with Crippen molar-refractivity contribution in [3.63, 3.8) is 0 Å². The average molecular weight is 442 g/mol. The van der Waals surface area contributed by atoms with Gasteiger partial charge in [0.1, 0.15) is 5.60 Å². The Morgan fingerprint density at radius 3 is 2.27 bits per heavy atom. The molecule has 0 radical (unpaired) electrons. The van der Waals surface area contributed by atoms with Gasteiger partial charge in [0.25, 0.3) is 0 Å². The van der Waals surface area contributed by atoms with E-state index in [0.29, 0.717) is 0 Å². The van der Waals surface area contributed by atoms with Gasteiger partial charge in [0, 0.05) is 23.6 Å². The maximum absolute atomic E-state index is 13.0. The molecule has 1 heterocycles. The summed E-state index contributed by atoms with van der Waals surface area (Å²) < 4.78 is 12.0. The van der Waals surface area contributed by atoms with Crippen LogP contribution in [0.5, 0.6) is 0 Å². The predicted octanol–water partition coefficient (Wildman–Crippen LogP) is 6.44. The number of rotatable bonds is 4. The lowest BCUT2D eigenvalue weighted by molar-refractivity contribution is -0.134. The molecule has 4 rings (SSSR count). The molecule has 5 heteroatoms. The lowest BCUT2D eigenvalue weighted by atomic mass is 9.87. The summed E-state index contributed by atoms with van der Waals surface area (Å²) in [6, 6.07) is 21.9. The molecule has 0 saturated heterocycles. The molecule has 0 aliphatic heterocycles. The van der Waals surface area contributed by atoms with Crippen molar-refractivity contribution in [2.75, 3.05) is 7.11 Å². The summed E-state index contributed by atoms with van der Waals surface area (Å²) >= 11 is 0. The molecule has 4 aromatic rings. The second kappa shape index (κ2) is 8.94. The number of fused-ring (bicyclic) bond motifs is 2. The SMILES string of the molecule is COC(=O)/C=C/[C@H](c1cccc2ccccc12)c1cn(C(=O)OC(C)(C)C)c2ccccc12. The highest BCUT2D eigenvalue weighted by Gasteiger charge is 2.24. The molecule has 0 N–H and O–H groups in total. The van der Waals surface area contributed by atoms with Crippen LogP contribution in [0.3, 0.4) is 0 Å². The Hall–Kier alpha value is -3.86. The Labute approximate surface area is 193 Å². The van der Waals surface area contributed by atoms with Gasteiger partial charge < -0.3 is 9.47 Å². The van der Waals surface area contributed by atoms with Crippen LogP contribution in [0, 0.1) is 0 Å². The summed E-state index contributed by atoms with van der Waals surface area (Å²) in [5.74, 6) is -0.722. The third-order valence-electron chi connectivity index (χ3n) is 5.45. The molecule has 0 aliphatic carbocycles. The smallest absolute Gasteiger partial charge is 0.419 e. The fourth-order valence-corrected chi connectivity index (χ4v) is 4.06. The summed E-state index contributed by atoms with van der Waals surface area (Å²) in [7, 11) is 1.36. The summed E-state index contributed by atoms with van der Waals surface area (Å²) in [5.41, 5.74) is 2.05. The van der Waals surface area contributed by atoms with Crippen LogP contribution in [0.2, 0.25) is 0 Å². The molecule has 1 atom stereocenters. The first kappa shape index (κ1) is 22.3. The minimum absolute atomic E-state index is 0.288. The number of benzene rings is 3. The molecule has 1 aromatic heterocycles. The molecule has 0 aliphatic rings. The number of ether oxygens (including phenoxy) is 2. The summed E-state index contributed by atoms with van der Waals surface area (Å²) in [4.78, 5) is 25.0. The molecule has 33 heavy (non-hydrogen) atoms. The van der Waals surface area contributed by atoms with E-state index in [-0.39, 0.29) is 5.92 Å². The van der Waals surface area contributed by atoms with Gasteiger partial charge >= 0.3 is 12.1 Å². The third kappa shape index (κ3) is 4.67. The Bertz CT molecular complexity index is 1350. The van der Waals surface area contributed by atoms with Crippen LogP contribution in [0.15, 0.2) is 85.1 Å². The van der Waals surface area contributed by atoms with Crippen LogP contribution in [0.1, 0.15) is 37.8 Å². The van der Waals surface area contributed by atoms with Gasteiger partial charge in [-0.05, 0) is 48.7 Å². The van der Waals surface area contributed by atoms with Crippen LogP contribution in [-0.4, -0.2) is 29.3 Å². The normalized spacial score (nSPS) is 12.8. The molecule has 3 aromatic carbocycles.